The first-order valence-electron chi connectivity index (χ1n) is 5.08. The summed E-state index contributed by atoms with van der Waals surface area (Å²) in [5.41, 5.74) is 0. The van der Waals surface area contributed by atoms with E-state index in [4.69, 9.17) is 14.2 Å². The van der Waals surface area contributed by atoms with Crippen LogP contribution in [0.2, 0.25) is 0 Å². The van der Waals surface area contributed by atoms with Gasteiger partial charge in [0.05, 0.1) is 12.4 Å². The Balaban J connectivity index is 4.01. The molecule has 0 saturated heterocycles. The molecule has 0 amide bonds. The highest BCUT2D eigenvalue weighted by atomic mass is 16.7. The molecule has 0 aliphatic rings. The summed E-state index contributed by atoms with van der Waals surface area (Å²) >= 11 is 0. The lowest BCUT2D eigenvalue weighted by atomic mass is 10.3. The Kier molecular flexibility index (Phi) is 6.58. The van der Waals surface area contributed by atoms with E-state index in [0.29, 0.717) is 6.61 Å². The average molecular weight is 202 g/mol. The molecule has 0 rings (SSSR count). The van der Waals surface area contributed by atoms with Gasteiger partial charge in [-0.05, 0) is 20.3 Å². The quantitative estimate of drug-likeness (QED) is 0.344. The highest BCUT2D eigenvalue weighted by molar-refractivity contribution is 4.68. The molecule has 0 N–H and O–H groups in total. The Morgan fingerprint density at radius 2 is 2.07 bits per heavy atom. The zero-order valence-electron chi connectivity index (χ0n) is 9.71. The summed E-state index contributed by atoms with van der Waals surface area (Å²) in [6.07, 6.45) is 2.48. The predicted molar refractivity (Wildman–Crippen MR) is 57.0 cm³/mol. The Morgan fingerprint density at radius 1 is 1.43 bits per heavy atom. The van der Waals surface area contributed by atoms with Gasteiger partial charge >= 0.3 is 0 Å². The predicted octanol–water partition coefficient (Wildman–Crippen LogP) is 2.71. The second kappa shape index (κ2) is 6.85. The third kappa shape index (κ3) is 6.00. The zero-order valence-corrected chi connectivity index (χ0v) is 9.71. The maximum absolute atomic E-state index is 5.61. The molecular weight excluding hydrogens is 180 g/mol. The van der Waals surface area contributed by atoms with Gasteiger partial charge in [-0.25, -0.2) is 0 Å². The van der Waals surface area contributed by atoms with Gasteiger partial charge in [-0.3, -0.25) is 0 Å². The van der Waals surface area contributed by atoms with Crippen molar-refractivity contribution in [1.29, 1.82) is 0 Å². The van der Waals surface area contributed by atoms with E-state index >= 15 is 0 Å². The molecule has 0 aliphatic heterocycles. The molecule has 0 aromatic heterocycles. The maximum Gasteiger partial charge on any atom is 0.230 e. The molecule has 0 aliphatic carbocycles. The first-order valence-corrected chi connectivity index (χ1v) is 5.08. The minimum atomic E-state index is -0.717. The van der Waals surface area contributed by atoms with E-state index in [2.05, 4.69) is 13.5 Å². The Hall–Kier alpha value is -0.540. The highest BCUT2D eigenvalue weighted by Crippen LogP contribution is 2.16. The summed E-state index contributed by atoms with van der Waals surface area (Å²) in [5, 5.41) is 0. The average Bonchev–Trinajstić information content (AvgIpc) is 2.03. The molecule has 0 spiro atoms. The summed E-state index contributed by atoms with van der Waals surface area (Å²) in [6, 6.07) is 0. The van der Waals surface area contributed by atoms with E-state index in [9.17, 15) is 0 Å². The summed E-state index contributed by atoms with van der Waals surface area (Å²) in [5.74, 6) is -0.717. The van der Waals surface area contributed by atoms with E-state index in [0.717, 1.165) is 13.0 Å². The van der Waals surface area contributed by atoms with Gasteiger partial charge in [0.15, 0.2) is 0 Å². The van der Waals surface area contributed by atoms with Crippen LogP contribution in [0.25, 0.3) is 0 Å². The van der Waals surface area contributed by atoms with Crippen LogP contribution >= 0.6 is 0 Å². The van der Waals surface area contributed by atoms with Crippen molar-refractivity contribution in [3.63, 3.8) is 0 Å². The van der Waals surface area contributed by atoms with Crippen molar-refractivity contribution >= 4 is 0 Å². The fourth-order valence-electron chi connectivity index (χ4n) is 1.17. The molecule has 1 unspecified atom stereocenters. The molecule has 0 aromatic rings. The van der Waals surface area contributed by atoms with Crippen LogP contribution in [0.3, 0.4) is 0 Å². The second-order valence-electron chi connectivity index (χ2n) is 3.64. The third-order valence-corrected chi connectivity index (χ3v) is 1.53. The largest absolute Gasteiger partial charge is 0.468 e. The minimum absolute atomic E-state index is 0.102. The van der Waals surface area contributed by atoms with Crippen molar-refractivity contribution in [3.8, 4) is 0 Å². The van der Waals surface area contributed by atoms with Crippen molar-refractivity contribution in [2.75, 3.05) is 13.2 Å². The molecular formula is C11H22O3. The fraction of sp³-hybridized carbons (Fsp3) is 0.818. The first kappa shape index (κ1) is 13.5. The molecule has 0 fully saturated rings. The van der Waals surface area contributed by atoms with Crippen LogP contribution in [0.1, 0.15) is 34.1 Å². The molecule has 0 radical (unpaired) electrons. The van der Waals surface area contributed by atoms with Crippen LogP contribution in [-0.4, -0.2) is 25.1 Å². The first-order chi connectivity index (χ1) is 6.54. The van der Waals surface area contributed by atoms with Gasteiger partial charge < -0.3 is 14.2 Å². The lowest BCUT2D eigenvalue weighted by Crippen LogP contribution is -2.38. The standard InChI is InChI=1S/C11H22O3/c1-6-8-12-9-11(5,13-7-2)14-10(3)4/h7,10H,2,6,8-9H2,1,3-5H3. The van der Waals surface area contributed by atoms with Crippen LogP contribution in [0, 0.1) is 0 Å². The van der Waals surface area contributed by atoms with Gasteiger partial charge in [0, 0.05) is 13.5 Å². The topological polar surface area (TPSA) is 27.7 Å². The van der Waals surface area contributed by atoms with Crippen LogP contribution < -0.4 is 0 Å². The molecule has 0 saturated carbocycles. The van der Waals surface area contributed by atoms with Gasteiger partial charge in [-0.1, -0.05) is 13.5 Å². The lowest BCUT2D eigenvalue weighted by Gasteiger charge is -2.30. The Labute approximate surface area is 87.0 Å². The zero-order chi connectivity index (χ0) is 11.0. The molecule has 0 heterocycles. The van der Waals surface area contributed by atoms with Gasteiger partial charge in [0.1, 0.15) is 6.61 Å². The fourth-order valence-corrected chi connectivity index (χ4v) is 1.17. The molecule has 0 aromatic carbocycles. The summed E-state index contributed by atoms with van der Waals surface area (Å²) in [6.45, 7) is 12.5. The van der Waals surface area contributed by atoms with Gasteiger partial charge in [-0.2, -0.15) is 0 Å². The van der Waals surface area contributed by atoms with Crippen molar-refractivity contribution in [1.82, 2.24) is 0 Å². The van der Waals surface area contributed by atoms with Gasteiger partial charge in [0.25, 0.3) is 0 Å². The smallest absolute Gasteiger partial charge is 0.230 e. The van der Waals surface area contributed by atoms with Gasteiger partial charge in [0.2, 0.25) is 5.79 Å². The molecule has 14 heavy (non-hydrogen) atoms. The molecule has 3 nitrogen and oxygen atoms in total. The molecule has 1 atom stereocenters. The number of ether oxygens (including phenoxy) is 3. The van der Waals surface area contributed by atoms with E-state index in [1.165, 1.54) is 6.26 Å². The number of hydrogen-bond acceptors (Lipinski definition) is 3. The summed E-state index contributed by atoms with van der Waals surface area (Å²) < 4.78 is 16.3. The lowest BCUT2D eigenvalue weighted by molar-refractivity contribution is -0.240. The molecule has 3 heteroatoms. The third-order valence-electron chi connectivity index (χ3n) is 1.53. The van der Waals surface area contributed by atoms with Crippen molar-refractivity contribution in [2.24, 2.45) is 0 Å². The normalized spacial score (nSPS) is 15.2. The van der Waals surface area contributed by atoms with Crippen molar-refractivity contribution < 1.29 is 14.2 Å². The van der Waals surface area contributed by atoms with E-state index < -0.39 is 5.79 Å². The monoisotopic (exact) mass is 202 g/mol. The van der Waals surface area contributed by atoms with Crippen molar-refractivity contribution in [2.45, 2.75) is 46.0 Å². The maximum atomic E-state index is 5.61. The van der Waals surface area contributed by atoms with Crippen molar-refractivity contribution in [3.05, 3.63) is 12.8 Å². The van der Waals surface area contributed by atoms with Crippen LogP contribution in [-0.2, 0) is 14.2 Å². The molecule has 84 valence electrons. The number of hydrogen-bond donors (Lipinski definition) is 0. The van der Waals surface area contributed by atoms with Gasteiger partial charge in [-0.15, -0.1) is 0 Å². The van der Waals surface area contributed by atoms with Crippen LogP contribution in [0.15, 0.2) is 12.8 Å². The SMILES string of the molecule is C=COC(C)(COCCC)OC(C)C. The Bertz CT molecular complexity index is 157. The second-order valence-corrected chi connectivity index (χ2v) is 3.64. The van der Waals surface area contributed by atoms with E-state index in [-0.39, 0.29) is 6.10 Å². The molecule has 0 bridgehead atoms. The van der Waals surface area contributed by atoms with Crippen LogP contribution in [0.5, 0.6) is 0 Å². The summed E-state index contributed by atoms with van der Waals surface area (Å²) in [7, 11) is 0. The van der Waals surface area contributed by atoms with E-state index in [1.54, 1.807) is 0 Å². The minimum Gasteiger partial charge on any atom is -0.468 e. The highest BCUT2D eigenvalue weighted by Gasteiger charge is 2.27. The number of rotatable bonds is 8. The van der Waals surface area contributed by atoms with Crippen LogP contribution in [0.4, 0.5) is 0 Å². The summed E-state index contributed by atoms with van der Waals surface area (Å²) in [4.78, 5) is 0. The van der Waals surface area contributed by atoms with E-state index in [1.807, 2.05) is 20.8 Å². The Morgan fingerprint density at radius 3 is 2.50 bits per heavy atom.